The fourth-order valence-corrected chi connectivity index (χ4v) is 2.77. The van der Waals surface area contributed by atoms with Gasteiger partial charge in [-0.25, -0.2) is 14.8 Å². The molecule has 3 heterocycles. The molecule has 4 rings (SSSR count). The van der Waals surface area contributed by atoms with Crippen LogP contribution in [-0.4, -0.2) is 47.2 Å². The van der Waals surface area contributed by atoms with Crippen LogP contribution in [0.3, 0.4) is 0 Å². The summed E-state index contributed by atoms with van der Waals surface area (Å²) in [5, 5.41) is 12.4. The molecule has 0 unspecified atom stereocenters. The monoisotopic (exact) mass is 324 g/mol. The summed E-state index contributed by atoms with van der Waals surface area (Å²) in [5.74, 6) is 0.383. The van der Waals surface area contributed by atoms with Gasteiger partial charge in [-0.1, -0.05) is 0 Å². The van der Waals surface area contributed by atoms with Gasteiger partial charge < -0.3 is 19.7 Å². The van der Waals surface area contributed by atoms with E-state index in [9.17, 15) is 4.79 Å². The topological polar surface area (TPSA) is 91.5 Å². The Labute approximate surface area is 137 Å². The largest absolute Gasteiger partial charge is 0.478 e. The number of carboxylic acids is 1. The average molecular weight is 324 g/mol. The van der Waals surface area contributed by atoms with Gasteiger partial charge in [0.05, 0.1) is 11.1 Å². The van der Waals surface area contributed by atoms with E-state index in [-0.39, 0.29) is 5.56 Å². The lowest BCUT2D eigenvalue weighted by atomic mass is 10.2. The van der Waals surface area contributed by atoms with E-state index < -0.39 is 5.97 Å². The number of fused-ring (bicyclic) bond motifs is 1. The summed E-state index contributed by atoms with van der Waals surface area (Å²) in [5.41, 5.74) is 2.02. The van der Waals surface area contributed by atoms with Gasteiger partial charge in [-0.3, -0.25) is 0 Å². The molecule has 2 N–H and O–H groups in total. The molecule has 0 radical (unpaired) electrons. The zero-order valence-corrected chi connectivity index (χ0v) is 12.9. The van der Waals surface area contributed by atoms with Crippen molar-refractivity contribution < 1.29 is 14.3 Å². The Morgan fingerprint density at radius 2 is 2.04 bits per heavy atom. The first-order chi connectivity index (χ1) is 11.7. The van der Waals surface area contributed by atoms with Gasteiger partial charge in [0.1, 0.15) is 11.3 Å². The molecule has 0 aliphatic carbocycles. The second kappa shape index (κ2) is 5.93. The van der Waals surface area contributed by atoms with Gasteiger partial charge in [-0.15, -0.1) is 0 Å². The zero-order chi connectivity index (χ0) is 16.5. The Bertz CT molecular complexity index is 882. The van der Waals surface area contributed by atoms with E-state index >= 15 is 0 Å². The predicted octanol–water partition coefficient (Wildman–Crippen LogP) is 2.00. The SMILES string of the molecule is O=C(O)c1ccc2nc(-c3ccc(N4CCNCC4)nc3)oc2c1. The van der Waals surface area contributed by atoms with Gasteiger partial charge >= 0.3 is 5.97 Å². The van der Waals surface area contributed by atoms with Crippen molar-refractivity contribution in [3.63, 3.8) is 0 Å². The number of aromatic nitrogens is 2. The minimum absolute atomic E-state index is 0.178. The van der Waals surface area contributed by atoms with Crippen LogP contribution in [0.1, 0.15) is 10.4 Å². The molecule has 1 aromatic carbocycles. The summed E-state index contributed by atoms with van der Waals surface area (Å²) in [6.45, 7) is 3.79. The summed E-state index contributed by atoms with van der Waals surface area (Å²) in [7, 11) is 0. The van der Waals surface area contributed by atoms with Crippen LogP contribution in [0, 0.1) is 0 Å². The Morgan fingerprint density at radius 3 is 2.75 bits per heavy atom. The Kier molecular flexibility index (Phi) is 3.62. The standard InChI is InChI=1S/C17H16N4O3/c22-17(23)11-1-3-13-14(9-11)24-16(20-13)12-2-4-15(19-10-12)21-7-5-18-6-8-21/h1-4,9-10,18H,5-8H2,(H,22,23). The number of nitrogens with zero attached hydrogens (tertiary/aromatic N) is 3. The van der Waals surface area contributed by atoms with Crippen molar-refractivity contribution in [1.29, 1.82) is 0 Å². The van der Waals surface area contributed by atoms with Gasteiger partial charge in [-0.05, 0) is 30.3 Å². The second-order valence-electron chi connectivity index (χ2n) is 5.65. The van der Waals surface area contributed by atoms with Crippen LogP contribution in [0.15, 0.2) is 40.9 Å². The van der Waals surface area contributed by atoms with E-state index in [1.54, 1.807) is 12.3 Å². The van der Waals surface area contributed by atoms with Crippen LogP contribution in [0.5, 0.6) is 0 Å². The Balaban J connectivity index is 1.63. The van der Waals surface area contributed by atoms with Crippen LogP contribution >= 0.6 is 0 Å². The van der Waals surface area contributed by atoms with E-state index in [0.29, 0.717) is 17.0 Å². The predicted molar refractivity (Wildman–Crippen MR) is 89.3 cm³/mol. The number of hydrogen-bond acceptors (Lipinski definition) is 6. The maximum atomic E-state index is 11.0. The number of hydrogen-bond donors (Lipinski definition) is 2. The number of piperazine rings is 1. The van der Waals surface area contributed by atoms with E-state index in [2.05, 4.69) is 20.2 Å². The van der Waals surface area contributed by atoms with Crippen LogP contribution in [0.4, 0.5) is 5.82 Å². The third-order valence-corrected chi connectivity index (χ3v) is 4.07. The summed E-state index contributed by atoms with van der Waals surface area (Å²) in [6, 6.07) is 8.53. The van der Waals surface area contributed by atoms with Gasteiger partial charge in [0.2, 0.25) is 5.89 Å². The highest BCUT2D eigenvalue weighted by molar-refractivity contribution is 5.92. The van der Waals surface area contributed by atoms with Crippen LogP contribution in [0.25, 0.3) is 22.6 Å². The second-order valence-corrected chi connectivity index (χ2v) is 5.65. The van der Waals surface area contributed by atoms with Gasteiger partial charge in [0.25, 0.3) is 0 Å². The first-order valence-corrected chi connectivity index (χ1v) is 7.77. The van der Waals surface area contributed by atoms with Crippen molar-refractivity contribution >= 4 is 22.9 Å². The van der Waals surface area contributed by atoms with E-state index in [4.69, 9.17) is 9.52 Å². The van der Waals surface area contributed by atoms with Gasteiger partial charge in [0.15, 0.2) is 5.58 Å². The van der Waals surface area contributed by atoms with Crippen molar-refractivity contribution in [2.75, 3.05) is 31.1 Å². The van der Waals surface area contributed by atoms with Crippen molar-refractivity contribution in [3.05, 3.63) is 42.1 Å². The molecule has 122 valence electrons. The molecule has 7 nitrogen and oxygen atoms in total. The molecule has 3 aromatic rings. The number of carboxylic acid groups (broad SMARTS) is 1. The number of benzene rings is 1. The molecule has 1 aliphatic rings. The molecular weight excluding hydrogens is 308 g/mol. The fraction of sp³-hybridized carbons (Fsp3) is 0.235. The van der Waals surface area contributed by atoms with Crippen molar-refractivity contribution in [1.82, 2.24) is 15.3 Å². The number of nitrogens with one attached hydrogen (secondary N) is 1. The van der Waals surface area contributed by atoms with E-state index in [1.807, 2.05) is 12.1 Å². The van der Waals surface area contributed by atoms with Gasteiger partial charge in [0, 0.05) is 32.4 Å². The molecule has 0 saturated carbocycles. The molecule has 1 saturated heterocycles. The summed E-state index contributed by atoms with van der Waals surface area (Å²) in [4.78, 5) is 22.2. The first-order valence-electron chi connectivity index (χ1n) is 7.77. The van der Waals surface area contributed by atoms with E-state index in [1.165, 1.54) is 12.1 Å². The number of carbonyl (C=O) groups is 1. The lowest BCUT2D eigenvalue weighted by molar-refractivity contribution is 0.0697. The molecule has 0 spiro atoms. The maximum absolute atomic E-state index is 11.0. The highest BCUT2D eigenvalue weighted by atomic mass is 16.4. The third kappa shape index (κ3) is 2.69. The molecule has 7 heteroatoms. The molecule has 24 heavy (non-hydrogen) atoms. The Hall–Kier alpha value is -2.93. The number of anilines is 1. The maximum Gasteiger partial charge on any atom is 0.335 e. The van der Waals surface area contributed by atoms with Crippen LogP contribution < -0.4 is 10.2 Å². The normalized spacial score (nSPS) is 14.9. The molecule has 0 atom stereocenters. The summed E-state index contributed by atoms with van der Waals surface area (Å²) in [6.07, 6.45) is 1.74. The van der Waals surface area contributed by atoms with Gasteiger partial charge in [-0.2, -0.15) is 0 Å². The fourth-order valence-electron chi connectivity index (χ4n) is 2.77. The van der Waals surface area contributed by atoms with E-state index in [0.717, 1.165) is 37.6 Å². The quantitative estimate of drug-likeness (QED) is 0.761. The molecule has 0 bridgehead atoms. The summed E-state index contributed by atoms with van der Waals surface area (Å²) < 4.78 is 5.69. The van der Waals surface area contributed by atoms with Crippen molar-refractivity contribution in [3.8, 4) is 11.5 Å². The smallest absolute Gasteiger partial charge is 0.335 e. The van der Waals surface area contributed by atoms with Crippen LogP contribution in [-0.2, 0) is 0 Å². The lowest BCUT2D eigenvalue weighted by Crippen LogP contribution is -2.43. The van der Waals surface area contributed by atoms with Crippen molar-refractivity contribution in [2.24, 2.45) is 0 Å². The highest BCUT2D eigenvalue weighted by Crippen LogP contribution is 2.25. The zero-order valence-electron chi connectivity index (χ0n) is 12.9. The number of rotatable bonds is 3. The number of pyridine rings is 1. The third-order valence-electron chi connectivity index (χ3n) is 4.07. The molecule has 1 fully saturated rings. The summed E-state index contributed by atoms with van der Waals surface area (Å²) >= 11 is 0. The Morgan fingerprint density at radius 1 is 1.21 bits per heavy atom. The molecule has 2 aromatic heterocycles. The van der Waals surface area contributed by atoms with Crippen LogP contribution in [0.2, 0.25) is 0 Å². The minimum atomic E-state index is -0.989. The number of aromatic carboxylic acids is 1. The molecule has 0 amide bonds. The molecule has 1 aliphatic heterocycles. The highest BCUT2D eigenvalue weighted by Gasteiger charge is 2.14. The molecular formula is C17H16N4O3. The van der Waals surface area contributed by atoms with Crippen molar-refractivity contribution in [2.45, 2.75) is 0 Å². The minimum Gasteiger partial charge on any atom is -0.478 e. The lowest BCUT2D eigenvalue weighted by Gasteiger charge is -2.28. The first kappa shape index (κ1) is 14.6. The number of oxazole rings is 1. The average Bonchev–Trinajstić information content (AvgIpc) is 3.06.